The molecule has 2 amide bonds. The number of fused-ring (bicyclic) bond motifs is 3. The number of hydrogen-bond acceptors (Lipinski definition) is 4. The van der Waals surface area contributed by atoms with Crippen LogP contribution in [0.15, 0.2) is 48.5 Å². The van der Waals surface area contributed by atoms with Crippen molar-refractivity contribution >= 4 is 18.0 Å². The van der Waals surface area contributed by atoms with Gasteiger partial charge in [0.15, 0.2) is 0 Å². The third-order valence-corrected chi connectivity index (χ3v) is 7.82. The highest BCUT2D eigenvalue weighted by Gasteiger charge is 2.36. The molecule has 3 aliphatic rings. The van der Waals surface area contributed by atoms with Gasteiger partial charge in [-0.2, -0.15) is 0 Å². The summed E-state index contributed by atoms with van der Waals surface area (Å²) in [5.74, 6) is -0.269. The van der Waals surface area contributed by atoms with Crippen LogP contribution in [0.25, 0.3) is 11.1 Å². The zero-order chi connectivity index (χ0) is 24.4. The van der Waals surface area contributed by atoms with Crippen LogP contribution >= 0.6 is 0 Å². The second-order valence-electron chi connectivity index (χ2n) is 10.1. The van der Waals surface area contributed by atoms with E-state index in [0.29, 0.717) is 25.9 Å². The molecule has 2 aliphatic carbocycles. The summed E-state index contributed by atoms with van der Waals surface area (Å²) in [5.41, 5.74) is 4.76. The van der Waals surface area contributed by atoms with Crippen molar-refractivity contribution in [3.63, 3.8) is 0 Å². The predicted octanol–water partition coefficient (Wildman–Crippen LogP) is 4.41. The molecule has 5 rings (SSSR count). The highest BCUT2D eigenvalue weighted by atomic mass is 16.5. The van der Waals surface area contributed by atoms with Crippen LogP contribution in [0, 0.1) is 11.8 Å². The van der Waals surface area contributed by atoms with Crippen LogP contribution in [0.5, 0.6) is 0 Å². The zero-order valence-electron chi connectivity index (χ0n) is 19.8. The van der Waals surface area contributed by atoms with E-state index in [1.165, 1.54) is 22.3 Å². The smallest absolute Gasteiger partial charge is 0.407 e. The zero-order valence-corrected chi connectivity index (χ0v) is 19.8. The number of carbonyl (C=O) groups is 3. The maximum absolute atomic E-state index is 12.7. The first kappa shape index (κ1) is 23.4. The normalized spacial score (nSPS) is 21.2. The van der Waals surface area contributed by atoms with E-state index in [-0.39, 0.29) is 42.7 Å². The Bertz CT molecular complexity index is 1060. The number of alkyl carbamates (subject to hydrolysis) is 1. The summed E-state index contributed by atoms with van der Waals surface area (Å²) in [7, 11) is 0. The fourth-order valence-electron chi connectivity index (χ4n) is 5.90. The number of carbonyl (C=O) groups excluding carboxylic acids is 2. The van der Waals surface area contributed by atoms with Gasteiger partial charge in [-0.25, -0.2) is 4.79 Å². The first-order valence-electron chi connectivity index (χ1n) is 12.6. The van der Waals surface area contributed by atoms with Crippen molar-refractivity contribution in [2.24, 2.45) is 11.8 Å². The third-order valence-electron chi connectivity index (χ3n) is 7.82. The van der Waals surface area contributed by atoms with Gasteiger partial charge < -0.3 is 20.1 Å². The van der Waals surface area contributed by atoms with Crippen LogP contribution in [0.4, 0.5) is 4.79 Å². The Kier molecular flexibility index (Phi) is 6.75. The van der Waals surface area contributed by atoms with Gasteiger partial charge in [0.1, 0.15) is 6.61 Å². The van der Waals surface area contributed by atoms with Crippen molar-refractivity contribution in [2.45, 2.75) is 50.5 Å². The van der Waals surface area contributed by atoms with Crippen molar-refractivity contribution in [3.05, 3.63) is 59.7 Å². The van der Waals surface area contributed by atoms with Gasteiger partial charge in [-0.05, 0) is 53.4 Å². The predicted molar refractivity (Wildman–Crippen MR) is 131 cm³/mol. The molecule has 7 nitrogen and oxygen atoms in total. The summed E-state index contributed by atoms with van der Waals surface area (Å²) >= 11 is 0. The number of nitrogens with zero attached hydrogens (tertiary/aromatic N) is 1. The van der Waals surface area contributed by atoms with Gasteiger partial charge in [0, 0.05) is 37.9 Å². The number of hydrogen-bond donors (Lipinski definition) is 2. The van der Waals surface area contributed by atoms with Gasteiger partial charge in [-0.1, -0.05) is 55.0 Å². The summed E-state index contributed by atoms with van der Waals surface area (Å²) in [4.78, 5) is 37.9. The highest BCUT2D eigenvalue weighted by molar-refractivity contribution is 5.79. The number of nitrogens with one attached hydrogen (secondary N) is 1. The van der Waals surface area contributed by atoms with E-state index in [0.717, 1.165) is 19.3 Å². The Morgan fingerprint density at radius 1 is 0.971 bits per heavy atom. The number of carboxylic acids is 1. The molecule has 2 N–H and O–H groups in total. The molecular formula is C28H32N2O5. The van der Waals surface area contributed by atoms with Crippen LogP contribution in [0.1, 0.15) is 55.6 Å². The number of carboxylic acid groups (broad SMARTS) is 1. The van der Waals surface area contributed by atoms with Crippen LogP contribution in [0.3, 0.4) is 0 Å². The Morgan fingerprint density at radius 2 is 1.63 bits per heavy atom. The first-order chi connectivity index (χ1) is 17.0. The Hall–Kier alpha value is -3.35. The van der Waals surface area contributed by atoms with E-state index in [2.05, 4.69) is 29.6 Å². The van der Waals surface area contributed by atoms with Crippen LogP contribution in [0.2, 0.25) is 0 Å². The lowest BCUT2D eigenvalue weighted by Gasteiger charge is -2.40. The number of ether oxygens (including phenoxy) is 1. The van der Waals surface area contributed by atoms with Gasteiger partial charge in [0.2, 0.25) is 5.91 Å². The molecule has 2 fully saturated rings. The Morgan fingerprint density at radius 3 is 2.29 bits per heavy atom. The molecular weight excluding hydrogens is 444 g/mol. The number of aliphatic carboxylic acids is 1. The molecule has 0 radical (unpaired) electrons. The lowest BCUT2D eigenvalue weighted by molar-refractivity contribution is -0.140. The van der Waals surface area contributed by atoms with Gasteiger partial charge in [-0.3, -0.25) is 9.59 Å². The summed E-state index contributed by atoms with van der Waals surface area (Å²) in [5, 5.41) is 11.8. The molecule has 1 heterocycles. The molecule has 2 aromatic carbocycles. The number of amides is 2. The van der Waals surface area contributed by atoms with Gasteiger partial charge >= 0.3 is 12.1 Å². The Labute approximate surface area is 205 Å². The third kappa shape index (κ3) is 5.04. The second-order valence-corrected chi connectivity index (χ2v) is 10.1. The average Bonchev–Trinajstić information content (AvgIpc) is 3.38. The van der Waals surface area contributed by atoms with Crippen LogP contribution in [-0.4, -0.2) is 53.7 Å². The van der Waals surface area contributed by atoms with E-state index >= 15 is 0 Å². The standard InChI is InChI=1S/C28H32N2O5/c31-26(30-15-18(16-30)12-13-27(32)33)14-19-6-5-11-25(19)29-28(34)35-17-24-22-9-3-1-7-20(22)21-8-2-4-10-23(21)24/h1-4,7-10,18-19,24-25H,5-6,11-17H2,(H,29,34)(H,32,33)/t19-,25+/m0/s1. The fraction of sp³-hybridized carbons (Fsp3) is 0.464. The number of benzene rings is 2. The van der Waals surface area contributed by atoms with Crippen molar-refractivity contribution in [1.29, 1.82) is 0 Å². The molecule has 184 valence electrons. The molecule has 0 spiro atoms. The molecule has 35 heavy (non-hydrogen) atoms. The summed E-state index contributed by atoms with van der Waals surface area (Å²) in [6, 6.07) is 16.5. The van der Waals surface area contributed by atoms with Crippen molar-refractivity contribution in [1.82, 2.24) is 10.2 Å². The Balaban J connectivity index is 1.11. The average molecular weight is 477 g/mol. The maximum atomic E-state index is 12.7. The first-order valence-corrected chi connectivity index (χ1v) is 12.6. The van der Waals surface area contributed by atoms with Gasteiger partial charge in [-0.15, -0.1) is 0 Å². The van der Waals surface area contributed by atoms with E-state index in [9.17, 15) is 14.4 Å². The summed E-state index contributed by atoms with van der Waals surface area (Å²) in [6.45, 7) is 1.56. The quantitative estimate of drug-likeness (QED) is 0.589. The van der Waals surface area contributed by atoms with Crippen molar-refractivity contribution in [3.8, 4) is 11.1 Å². The molecule has 1 aliphatic heterocycles. The molecule has 1 saturated heterocycles. The minimum absolute atomic E-state index is 0.0228. The van der Waals surface area contributed by atoms with E-state index in [4.69, 9.17) is 9.84 Å². The number of likely N-dealkylation sites (tertiary alicyclic amines) is 1. The molecule has 0 aromatic heterocycles. The van der Waals surface area contributed by atoms with E-state index < -0.39 is 12.1 Å². The summed E-state index contributed by atoms with van der Waals surface area (Å²) < 4.78 is 5.70. The minimum Gasteiger partial charge on any atom is -0.481 e. The van der Waals surface area contributed by atoms with E-state index in [1.807, 2.05) is 29.2 Å². The lowest BCUT2D eigenvalue weighted by atomic mass is 9.92. The maximum Gasteiger partial charge on any atom is 0.407 e. The molecule has 7 heteroatoms. The van der Waals surface area contributed by atoms with Gasteiger partial charge in [0.25, 0.3) is 0 Å². The van der Waals surface area contributed by atoms with Crippen molar-refractivity contribution < 1.29 is 24.2 Å². The fourth-order valence-corrected chi connectivity index (χ4v) is 5.90. The molecule has 0 bridgehead atoms. The van der Waals surface area contributed by atoms with Crippen molar-refractivity contribution in [2.75, 3.05) is 19.7 Å². The monoisotopic (exact) mass is 476 g/mol. The molecule has 0 unspecified atom stereocenters. The van der Waals surface area contributed by atoms with Gasteiger partial charge in [0.05, 0.1) is 0 Å². The largest absolute Gasteiger partial charge is 0.481 e. The van der Waals surface area contributed by atoms with Crippen LogP contribution < -0.4 is 5.32 Å². The summed E-state index contributed by atoms with van der Waals surface area (Å²) in [6.07, 6.45) is 3.51. The molecule has 2 atom stereocenters. The SMILES string of the molecule is O=C(O)CCC1CN(C(=O)C[C@@H]2CCC[C@H]2NC(=O)OCC2c3ccccc3-c3ccccc32)C1. The second kappa shape index (κ2) is 10.1. The number of rotatable bonds is 8. The highest BCUT2D eigenvalue weighted by Crippen LogP contribution is 2.44. The minimum atomic E-state index is -0.789. The van der Waals surface area contributed by atoms with Crippen LogP contribution in [-0.2, 0) is 14.3 Å². The topological polar surface area (TPSA) is 95.9 Å². The molecule has 2 aromatic rings. The lowest BCUT2D eigenvalue weighted by Crippen LogP contribution is -2.51. The molecule has 1 saturated carbocycles. The van der Waals surface area contributed by atoms with E-state index in [1.54, 1.807) is 0 Å².